The van der Waals surface area contributed by atoms with Crippen molar-refractivity contribution in [2.75, 3.05) is 0 Å². The largest absolute Gasteiger partial charge is 1.00 e. The summed E-state index contributed by atoms with van der Waals surface area (Å²) >= 11 is 0. The van der Waals surface area contributed by atoms with Gasteiger partial charge < -0.3 is 22.7 Å². The summed E-state index contributed by atoms with van der Waals surface area (Å²) in [5, 5.41) is 0. The molecular formula is C10H16BrN. The Kier molecular flexibility index (Phi) is 5.18. The Hall–Kier alpha value is -0.340. The Morgan fingerprint density at radius 1 is 1.08 bits per heavy atom. The van der Waals surface area contributed by atoms with Crippen LogP contribution in [0.5, 0.6) is 0 Å². The molecule has 0 aliphatic carbocycles. The molecule has 1 aromatic rings. The molecule has 0 fully saturated rings. The van der Waals surface area contributed by atoms with Gasteiger partial charge in [0.2, 0.25) is 0 Å². The second kappa shape index (κ2) is 5.33. The Labute approximate surface area is 84.7 Å². The van der Waals surface area contributed by atoms with Crippen LogP contribution in [0, 0.1) is 0 Å². The number of halogens is 1. The van der Waals surface area contributed by atoms with Crippen LogP contribution in [0.3, 0.4) is 0 Å². The quantitative estimate of drug-likeness (QED) is 0.635. The molecule has 3 N–H and O–H groups in total. The fourth-order valence-electron chi connectivity index (χ4n) is 1.09. The lowest BCUT2D eigenvalue weighted by molar-refractivity contribution is -0.418. The minimum atomic E-state index is 0. The second-order valence-corrected chi connectivity index (χ2v) is 3.18. The third-order valence-electron chi connectivity index (χ3n) is 2.18. The summed E-state index contributed by atoms with van der Waals surface area (Å²) in [4.78, 5) is 0. The van der Waals surface area contributed by atoms with Crippen molar-refractivity contribution < 1.29 is 22.7 Å². The van der Waals surface area contributed by atoms with E-state index in [1.807, 2.05) is 6.07 Å². The van der Waals surface area contributed by atoms with Crippen LogP contribution >= 0.6 is 0 Å². The molecule has 0 heterocycles. The molecular weight excluding hydrogens is 214 g/mol. The zero-order chi connectivity index (χ0) is 8.27. The van der Waals surface area contributed by atoms with E-state index in [0.29, 0.717) is 12.0 Å². The molecule has 0 aromatic heterocycles. The van der Waals surface area contributed by atoms with Gasteiger partial charge >= 0.3 is 0 Å². The highest BCUT2D eigenvalue weighted by Crippen LogP contribution is 2.15. The molecule has 2 atom stereocenters. The van der Waals surface area contributed by atoms with Crippen molar-refractivity contribution >= 4 is 0 Å². The highest BCUT2D eigenvalue weighted by molar-refractivity contribution is 5.19. The van der Waals surface area contributed by atoms with Crippen LogP contribution in [0.1, 0.15) is 25.3 Å². The first-order chi connectivity index (χ1) is 5.22. The topological polar surface area (TPSA) is 27.6 Å². The maximum absolute atomic E-state index is 4.01. The van der Waals surface area contributed by atoms with Crippen LogP contribution in [0.15, 0.2) is 30.3 Å². The van der Waals surface area contributed by atoms with Crippen molar-refractivity contribution in [3.8, 4) is 0 Å². The van der Waals surface area contributed by atoms with Crippen LogP contribution < -0.4 is 22.7 Å². The maximum atomic E-state index is 4.01. The third-order valence-corrected chi connectivity index (χ3v) is 2.18. The summed E-state index contributed by atoms with van der Waals surface area (Å²) in [5.41, 5.74) is 5.40. The van der Waals surface area contributed by atoms with Gasteiger partial charge in [-0.25, -0.2) is 0 Å². The zero-order valence-electron chi connectivity index (χ0n) is 7.63. The summed E-state index contributed by atoms with van der Waals surface area (Å²) < 4.78 is 0. The molecule has 1 rings (SSSR count). The Balaban J connectivity index is 0.00000121. The summed E-state index contributed by atoms with van der Waals surface area (Å²) in [5.74, 6) is 0.566. The lowest BCUT2D eigenvalue weighted by atomic mass is 9.95. The fourth-order valence-corrected chi connectivity index (χ4v) is 1.09. The minimum Gasteiger partial charge on any atom is -1.00 e. The second-order valence-electron chi connectivity index (χ2n) is 3.18. The predicted octanol–water partition coefficient (Wildman–Crippen LogP) is -1.58. The summed E-state index contributed by atoms with van der Waals surface area (Å²) in [6, 6.07) is 11.0. The van der Waals surface area contributed by atoms with Crippen LogP contribution in [0.2, 0.25) is 0 Å². The van der Waals surface area contributed by atoms with Gasteiger partial charge in [-0.2, -0.15) is 0 Å². The number of rotatable bonds is 2. The van der Waals surface area contributed by atoms with Crippen LogP contribution in [-0.4, -0.2) is 6.04 Å². The Bertz CT molecular complexity index is 208. The molecule has 0 radical (unpaired) electrons. The molecule has 0 aliphatic rings. The van der Waals surface area contributed by atoms with E-state index in [-0.39, 0.29) is 17.0 Å². The van der Waals surface area contributed by atoms with E-state index in [0.717, 1.165) is 0 Å². The van der Waals surface area contributed by atoms with Gasteiger partial charge in [0.15, 0.2) is 0 Å². The SMILES string of the molecule is CC([NH3+])[C@@H](C)c1ccccc1.[Br-]. The zero-order valence-corrected chi connectivity index (χ0v) is 9.21. The van der Waals surface area contributed by atoms with Crippen molar-refractivity contribution in [2.24, 2.45) is 0 Å². The van der Waals surface area contributed by atoms with Gasteiger partial charge in [0.05, 0.1) is 6.04 Å². The van der Waals surface area contributed by atoms with Crippen LogP contribution in [0.4, 0.5) is 0 Å². The van der Waals surface area contributed by atoms with E-state index in [9.17, 15) is 0 Å². The molecule has 0 saturated heterocycles. The average Bonchev–Trinajstić information content (AvgIpc) is 2.05. The van der Waals surface area contributed by atoms with E-state index in [1.54, 1.807) is 0 Å². The molecule has 1 unspecified atom stereocenters. The van der Waals surface area contributed by atoms with Crippen molar-refractivity contribution in [3.05, 3.63) is 35.9 Å². The van der Waals surface area contributed by atoms with E-state index in [4.69, 9.17) is 0 Å². The maximum Gasteiger partial charge on any atom is 0.0881 e. The van der Waals surface area contributed by atoms with Crippen LogP contribution in [0.25, 0.3) is 0 Å². The molecule has 0 bridgehead atoms. The number of benzene rings is 1. The van der Waals surface area contributed by atoms with E-state index in [1.165, 1.54) is 5.56 Å². The highest BCUT2D eigenvalue weighted by atomic mass is 79.9. The van der Waals surface area contributed by atoms with Crippen molar-refractivity contribution in [3.63, 3.8) is 0 Å². The molecule has 1 nitrogen and oxygen atoms in total. The van der Waals surface area contributed by atoms with Crippen molar-refractivity contribution in [1.29, 1.82) is 0 Å². The van der Waals surface area contributed by atoms with Crippen molar-refractivity contribution in [1.82, 2.24) is 0 Å². The standard InChI is InChI=1S/C10H15N.BrH/c1-8(9(2)11)10-6-4-3-5-7-10;/h3-9H,11H2,1-2H3;1H/t8-,9?;/m1./s1. The van der Waals surface area contributed by atoms with Gasteiger partial charge in [-0.15, -0.1) is 0 Å². The van der Waals surface area contributed by atoms with Gasteiger partial charge in [-0.05, 0) is 12.5 Å². The third kappa shape index (κ3) is 2.95. The van der Waals surface area contributed by atoms with Gasteiger partial charge in [-0.1, -0.05) is 37.3 Å². The molecule has 1 aromatic carbocycles. The monoisotopic (exact) mass is 229 g/mol. The molecule has 12 heavy (non-hydrogen) atoms. The molecule has 0 saturated carbocycles. The predicted molar refractivity (Wildman–Crippen MR) is 47.2 cm³/mol. The van der Waals surface area contributed by atoms with Gasteiger partial charge in [-0.3, -0.25) is 0 Å². The summed E-state index contributed by atoms with van der Waals surface area (Å²) in [6.45, 7) is 4.37. The van der Waals surface area contributed by atoms with Crippen LogP contribution in [-0.2, 0) is 0 Å². The van der Waals surface area contributed by atoms with Gasteiger partial charge in [0.25, 0.3) is 0 Å². The first-order valence-corrected chi connectivity index (χ1v) is 4.10. The van der Waals surface area contributed by atoms with E-state index in [2.05, 4.69) is 43.8 Å². The van der Waals surface area contributed by atoms with E-state index < -0.39 is 0 Å². The first-order valence-electron chi connectivity index (χ1n) is 4.10. The molecule has 2 heteroatoms. The summed E-state index contributed by atoms with van der Waals surface area (Å²) in [7, 11) is 0. The number of quaternary nitrogens is 1. The van der Waals surface area contributed by atoms with Crippen molar-refractivity contribution in [2.45, 2.75) is 25.8 Å². The highest BCUT2D eigenvalue weighted by Gasteiger charge is 2.11. The summed E-state index contributed by atoms with van der Waals surface area (Å²) in [6.07, 6.45) is 0. The lowest BCUT2D eigenvalue weighted by Crippen LogP contribution is -3.00. The average molecular weight is 230 g/mol. The number of hydrogen-bond donors (Lipinski definition) is 1. The molecule has 0 amide bonds. The van der Waals surface area contributed by atoms with E-state index >= 15 is 0 Å². The molecule has 0 spiro atoms. The first kappa shape index (κ1) is 11.7. The van der Waals surface area contributed by atoms with Gasteiger partial charge in [0, 0.05) is 5.92 Å². The fraction of sp³-hybridized carbons (Fsp3) is 0.400. The molecule has 68 valence electrons. The number of hydrogen-bond acceptors (Lipinski definition) is 0. The Morgan fingerprint density at radius 3 is 2.00 bits per heavy atom. The minimum absolute atomic E-state index is 0. The normalized spacial score (nSPS) is 14.6. The molecule has 0 aliphatic heterocycles. The lowest BCUT2D eigenvalue weighted by Gasteiger charge is -2.12. The smallest absolute Gasteiger partial charge is 0.0881 e. The van der Waals surface area contributed by atoms with Gasteiger partial charge in [0.1, 0.15) is 0 Å². The Morgan fingerprint density at radius 2 is 1.58 bits per heavy atom.